The van der Waals surface area contributed by atoms with Crippen LogP contribution in [0.3, 0.4) is 0 Å². The zero-order valence-electron chi connectivity index (χ0n) is 9.40. The molecule has 7 nitrogen and oxygen atoms in total. The maximum absolute atomic E-state index is 12.9. The number of amides is 1. The number of halogens is 3. The molecule has 1 rings (SSSR count). The van der Waals surface area contributed by atoms with E-state index in [0.29, 0.717) is 0 Å². The van der Waals surface area contributed by atoms with Crippen LogP contribution in [-0.2, 0) is 0 Å². The molecule has 1 amide bonds. The lowest BCUT2D eigenvalue weighted by Crippen LogP contribution is -2.41. The molecule has 0 spiro atoms. The molecule has 0 saturated heterocycles. The van der Waals surface area contributed by atoms with Gasteiger partial charge in [-0.1, -0.05) is 11.6 Å². The molecule has 0 aliphatic rings. The number of carbonyl (C=O) groups excluding carboxylic acids is 1. The van der Waals surface area contributed by atoms with E-state index in [0.717, 1.165) is 12.3 Å². The van der Waals surface area contributed by atoms with E-state index in [9.17, 15) is 23.7 Å². The van der Waals surface area contributed by atoms with Crippen LogP contribution in [0, 0.1) is 10.1 Å². The number of hydrogen-bond donors (Lipinski definition) is 2. The molecule has 104 valence electrons. The third-order valence-electron chi connectivity index (χ3n) is 2.10. The van der Waals surface area contributed by atoms with Crippen molar-refractivity contribution in [2.75, 3.05) is 13.1 Å². The molecule has 1 aromatic heterocycles. The second-order valence-corrected chi connectivity index (χ2v) is 3.91. The molecule has 10 heteroatoms. The van der Waals surface area contributed by atoms with Crippen molar-refractivity contribution >= 4 is 23.2 Å². The van der Waals surface area contributed by atoms with Crippen LogP contribution in [0.4, 0.5) is 14.5 Å². The molecule has 0 saturated carbocycles. The second-order valence-electron chi connectivity index (χ2n) is 3.52. The van der Waals surface area contributed by atoms with E-state index in [1.54, 1.807) is 0 Å². The van der Waals surface area contributed by atoms with E-state index in [2.05, 4.69) is 4.98 Å². The number of nitrogens with zero attached hydrogens (tertiary/aromatic N) is 2. The van der Waals surface area contributed by atoms with Crippen LogP contribution in [0.15, 0.2) is 12.3 Å². The van der Waals surface area contributed by atoms with Crippen LogP contribution in [0.25, 0.3) is 0 Å². The average molecular weight is 295 g/mol. The van der Waals surface area contributed by atoms with Crippen LogP contribution in [0.5, 0.6) is 0 Å². The first-order valence-electron chi connectivity index (χ1n) is 4.93. The predicted octanol–water partition coefficient (Wildman–Crippen LogP) is 0.967. The van der Waals surface area contributed by atoms with Gasteiger partial charge in [-0.15, -0.1) is 0 Å². The Labute approximate surface area is 110 Å². The summed E-state index contributed by atoms with van der Waals surface area (Å²) in [5.74, 6) is -4.34. The van der Waals surface area contributed by atoms with Crippen LogP contribution in [0.2, 0.25) is 5.15 Å². The molecule has 0 bridgehead atoms. The monoisotopic (exact) mass is 294 g/mol. The van der Waals surface area contributed by atoms with Crippen LogP contribution < -0.4 is 11.1 Å². The van der Waals surface area contributed by atoms with Gasteiger partial charge in [0.1, 0.15) is 16.9 Å². The van der Waals surface area contributed by atoms with Crippen molar-refractivity contribution in [3.63, 3.8) is 0 Å². The molecule has 0 atom stereocenters. The maximum atomic E-state index is 12.9. The Morgan fingerprint density at radius 1 is 1.63 bits per heavy atom. The van der Waals surface area contributed by atoms with Crippen molar-refractivity contribution in [3.05, 3.63) is 33.1 Å². The number of aromatic nitrogens is 1. The minimum absolute atomic E-state index is 0.165. The minimum atomic E-state index is -3.29. The highest BCUT2D eigenvalue weighted by atomic mass is 35.5. The highest BCUT2D eigenvalue weighted by molar-refractivity contribution is 6.29. The van der Waals surface area contributed by atoms with Gasteiger partial charge in [0.05, 0.1) is 18.0 Å². The fraction of sp³-hybridized carbons (Fsp3) is 0.333. The Balaban J connectivity index is 2.93. The van der Waals surface area contributed by atoms with Crippen molar-refractivity contribution in [2.45, 2.75) is 5.92 Å². The van der Waals surface area contributed by atoms with E-state index < -0.39 is 41.1 Å². The van der Waals surface area contributed by atoms with Gasteiger partial charge in [0.2, 0.25) is 0 Å². The summed E-state index contributed by atoms with van der Waals surface area (Å²) in [6.07, 6.45) is 0.776. The third-order valence-corrected chi connectivity index (χ3v) is 2.30. The smallest absolute Gasteiger partial charge is 0.300 e. The summed E-state index contributed by atoms with van der Waals surface area (Å²) in [6, 6.07) is 0.926. The van der Waals surface area contributed by atoms with Gasteiger partial charge in [-0.2, -0.15) is 0 Å². The number of alkyl halides is 2. The standard InChI is InChI=1S/C9H9ClF2N4O3/c10-7-1-5(6(2-14-7)16(18)19)8(17)15-4-9(11,12)3-13/h1-2H,3-4,13H2,(H,15,17). The van der Waals surface area contributed by atoms with Crippen molar-refractivity contribution in [1.82, 2.24) is 10.3 Å². The molecular weight excluding hydrogens is 286 g/mol. The van der Waals surface area contributed by atoms with Gasteiger partial charge < -0.3 is 11.1 Å². The number of rotatable bonds is 5. The molecule has 0 aromatic carbocycles. The Morgan fingerprint density at radius 2 is 2.26 bits per heavy atom. The molecule has 1 heterocycles. The van der Waals surface area contributed by atoms with E-state index in [1.807, 2.05) is 5.32 Å². The van der Waals surface area contributed by atoms with Crippen LogP contribution in [0.1, 0.15) is 10.4 Å². The first-order chi connectivity index (χ1) is 8.76. The molecule has 0 radical (unpaired) electrons. The second kappa shape index (κ2) is 5.85. The molecule has 0 unspecified atom stereocenters. The number of hydrogen-bond acceptors (Lipinski definition) is 5. The first-order valence-corrected chi connectivity index (χ1v) is 5.30. The van der Waals surface area contributed by atoms with Gasteiger partial charge >= 0.3 is 0 Å². The van der Waals surface area contributed by atoms with Gasteiger partial charge in [-0.3, -0.25) is 14.9 Å². The lowest BCUT2D eigenvalue weighted by molar-refractivity contribution is -0.385. The molecule has 19 heavy (non-hydrogen) atoms. The summed E-state index contributed by atoms with van der Waals surface area (Å²) >= 11 is 5.50. The molecule has 0 fully saturated rings. The largest absolute Gasteiger partial charge is 0.346 e. The molecule has 3 N–H and O–H groups in total. The summed E-state index contributed by atoms with van der Waals surface area (Å²) in [4.78, 5) is 24.9. The number of nitro groups is 1. The first kappa shape index (κ1) is 15.2. The van der Waals surface area contributed by atoms with Crippen molar-refractivity contribution in [1.29, 1.82) is 0 Å². The predicted molar refractivity (Wildman–Crippen MR) is 62.2 cm³/mol. The van der Waals surface area contributed by atoms with Gasteiger partial charge in [-0.05, 0) is 6.07 Å². The van der Waals surface area contributed by atoms with Gasteiger partial charge in [0, 0.05) is 0 Å². The zero-order chi connectivity index (χ0) is 14.6. The Morgan fingerprint density at radius 3 is 2.79 bits per heavy atom. The van der Waals surface area contributed by atoms with E-state index >= 15 is 0 Å². The summed E-state index contributed by atoms with van der Waals surface area (Å²) in [6.45, 7) is -1.98. The quantitative estimate of drug-likeness (QED) is 0.477. The summed E-state index contributed by atoms with van der Waals surface area (Å²) in [5, 5.41) is 12.4. The van der Waals surface area contributed by atoms with Gasteiger partial charge in [-0.25, -0.2) is 13.8 Å². The van der Waals surface area contributed by atoms with Crippen molar-refractivity contribution in [2.24, 2.45) is 5.73 Å². The molecule has 1 aromatic rings. The number of nitrogens with one attached hydrogen (secondary N) is 1. The van der Waals surface area contributed by atoms with Crippen LogP contribution in [-0.4, -0.2) is 34.8 Å². The van der Waals surface area contributed by atoms with E-state index in [-0.39, 0.29) is 5.15 Å². The number of pyridine rings is 1. The number of carbonyl (C=O) groups is 1. The Kier molecular flexibility index (Phi) is 4.67. The van der Waals surface area contributed by atoms with Crippen molar-refractivity contribution in [3.8, 4) is 0 Å². The normalized spacial score (nSPS) is 11.2. The lowest BCUT2D eigenvalue weighted by Gasteiger charge is -2.14. The van der Waals surface area contributed by atoms with Gasteiger partial charge in [0.15, 0.2) is 0 Å². The van der Waals surface area contributed by atoms with Crippen molar-refractivity contribution < 1.29 is 18.5 Å². The van der Waals surface area contributed by atoms with E-state index in [4.69, 9.17) is 17.3 Å². The summed E-state index contributed by atoms with van der Waals surface area (Å²) in [7, 11) is 0. The zero-order valence-corrected chi connectivity index (χ0v) is 10.2. The topological polar surface area (TPSA) is 111 Å². The third kappa shape index (κ3) is 4.07. The van der Waals surface area contributed by atoms with E-state index in [1.165, 1.54) is 0 Å². The average Bonchev–Trinajstić information content (AvgIpc) is 2.35. The Bertz CT molecular complexity index is 512. The summed E-state index contributed by atoms with van der Waals surface area (Å²) < 4.78 is 25.7. The maximum Gasteiger partial charge on any atom is 0.300 e. The summed E-state index contributed by atoms with van der Waals surface area (Å²) in [5.41, 5.74) is 3.72. The van der Waals surface area contributed by atoms with Crippen LogP contribution >= 0.6 is 11.6 Å². The molecule has 0 aliphatic heterocycles. The highest BCUT2D eigenvalue weighted by Crippen LogP contribution is 2.20. The number of nitrogens with two attached hydrogens (primary N) is 1. The molecule has 0 aliphatic carbocycles. The van der Waals surface area contributed by atoms with Gasteiger partial charge in [0.25, 0.3) is 17.5 Å². The lowest BCUT2D eigenvalue weighted by atomic mass is 10.2. The fourth-order valence-electron chi connectivity index (χ4n) is 1.13. The fourth-order valence-corrected chi connectivity index (χ4v) is 1.28. The molecular formula is C9H9ClF2N4O3. The highest BCUT2D eigenvalue weighted by Gasteiger charge is 2.29. The Hall–Kier alpha value is -1.87. The minimum Gasteiger partial charge on any atom is -0.346 e. The SMILES string of the molecule is NCC(F)(F)CNC(=O)c1cc(Cl)ncc1[N+](=O)[O-].